The van der Waals surface area contributed by atoms with Gasteiger partial charge in [0.2, 0.25) is 0 Å². The summed E-state index contributed by atoms with van der Waals surface area (Å²) in [5, 5.41) is 4.39. The summed E-state index contributed by atoms with van der Waals surface area (Å²) in [6.45, 7) is 5.57. The number of nitrogens with two attached hydrogens (primary N) is 1. The van der Waals surface area contributed by atoms with Gasteiger partial charge in [0, 0.05) is 37.1 Å². The van der Waals surface area contributed by atoms with E-state index >= 15 is 0 Å². The Hall–Kier alpha value is -1.72. The van der Waals surface area contributed by atoms with E-state index < -0.39 is 0 Å². The minimum atomic E-state index is 0.157. The van der Waals surface area contributed by atoms with Gasteiger partial charge in [-0.25, -0.2) is 0 Å². The molecule has 0 spiro atoms. The third kappa shape index (κ3) is 3.43. The Balaban J connectivity index is 2.10. The molecule has 20 heavy (non-hydrogen) atoms. The zero-order valence-electron chi connectivity index (χ0n) is 12.4. The molecule has 5 nitrogen and oxygen atoms in total. The maximum Gasteiger partial charge on any atom is 0.0544 e. The third-order valence-electron chi connectivity index (χ3n) is 3.43. The number of aromatic nitrogens is 3. The molecule has 0 aliphatic rings. The second kappa shape index (κ2) is 6.63. The Bertz CT molecular complexity index is 520. The average Bonchev–Trinajstić information content (AvgIpc) is 2.90. The molecule has 2 rings (SSSR count). The van der Waals surface area contributed by atoms with Crippen molar-refractivity contribution in [2.24, 2.45) is 5.73 Å². The summed E-state index contributed by atoms with van der Waals surface area (Å²) in [6, 6.07) is 6.48. The third-order valence-corrected chi connectivity index (χ3v) is 3.43. The molecular formula is C15H23N5. The molecule has 1 atom stereocenters. The average molecular weight is 273 g/mol. The first-order valence-electron chi connectivity index (χ1n) is 6.96. The van der Waals surface area contributed by atoms with Crippen molar-refractivity contribution in [2.45, 2.75) is 32.5 Å². The minimum absolute atomic E-state index is 0.157. The normalized spacial score (nSPS) is 13.1. The summed E-state index contributed by atoms with van der Waals surface area (Å²) in [7, 11) is 2.07. The van der Waals surface area contributed by atoms with Crippen LogP contribution in [0.1, 0.15) is 37.2 Å². The molecule has 5 heteroatoms. The van der Waals surface area contributed by atoms with Gasteiger partial charge in [-0.15, -0.1) is 0 Å². The first kappa shape index (κ1) is 14.7. The Morgan fingerprint density at radius 3 is 2.70 bits per heavy atom. The maximum absolute atomic E-state index is 5.95. The molecule has 0 amide bonds. The van der Waals surface area contributed by atoms with Crippen LogP contribution in [-0.2, 0) is 6.54 Å². The lowest BCUT2D eigenvalue weighted by atomic mass is 10.1. The predicted octanol–water partition coefficient (Wildman–Crippen LogP) is 1.99. The van der Waals surface area contributed by atoms with Gasteiger partial charge in [-0.1, -0.05) is 6.07 Å². The largest absolute Gasteiger partial charge is 0.329 e. The Morgan fingerprint density at radius 2 is 2.15 bits per heavy atom. The van der Waals surface area contributed by atoms with E-state index in [1.54, 1.807) is 0 Å². The van der Waals surface area contributed by atoms with Gasteiger partial charge in [0.25, 0.3) is 0 Å². The van der Waals surface area contributed by atoms with E-state index in [0.29, 0.717) is 12.6 Å². The van der Waals surface area contributed by atoms with Gasteiger partial charge in [0.05, 0.1) is 17.9 Å². The van der Waals surface area contributed by atoms with Crippen LogP contribution in [0.25, 0.3) is 0 Å². The smallest absolute Gasteiger partial charge is 0.0544 e. The highest BCUT2D eigenvalue weighted by atomic mass is 15.3. The lowest BCUT2D eigenvalue weighted by Gasteiger charge is -2.25. The van der Waals surface area contributed by atoms with Crippen molar-refractivity contribution >= 4 is 0 Å². The van der Waals surface area contributed by atoms with Crippen LogP contribution in [0.3, 0.4) is 0 Å². The SMILES string of the molecule is CC(C)n1cc(C(CN)N(C)Cc2ccccn2)cn1. The Labute approximate surface area is 120 Å². The molecule has 2 aromatic heterocycles. The minimum Gasteiger partial charge on any atom is -0.329 e. The number of likely N-dealkylation sites (N-methyl/N-ethyl adjacent to an activating group) is 1. The molecule has 0 aliphatic heterocycles. The van der Waals surface area contributed by atoms with Crippen molar-refractivity contribution in [1.29, 1.82) is 0 Å². The van der Waals surface area contributed by atoms with Crippen LogP contribution in [0.2, 0.25) is 0 Å². The molecule has 1 unspecified atom stereocenters. The standard InChI is InChI=1S/C15H23N5/c1-12(2)20-10-13(9-18-20)15(8-16)19(3)11-14-6-4-5-7-17-14/h4-7,9-10,12,15H,8,11,16H2,1-3H3. The second-order valence-electron chi connectivity index (χ2n) is 5.34. The van der Waals surface area contributed by atoms with E-state index in [0.717, 1.165) is 17.8 Å². The monoisotopic (exact) mass is 273 g/mol. The highest BCUT2D eigenvalue weighted by Gasteiger charge is 2.18. The van der Waals surface area contributed by atoms with E-state index in [4.69, 9.17) is 5.73 Å². The van der Waals surface area contributed by atoms with Gasteiger partial charge in [0.15, 0.2) is 0 Å². The summed E-state index contributed by atoms with van der Waals surface area (Å²) in [6.07, 6.45) is 5.81. The first-order valence-corrected chi connectivity index (χ1v) is 6.96. The van der Waals surface area contributed by atoms with E-state index in [1.165, 1.54) is 0 Å². The molecule has 0 saturated carbocycles. The fourth-order valence-electron chi connectivity index (χ4n) is 2.24. The van der Waals surface area contributed by atoms with Gasteiger partial charge in [-0.05, 0) is 33.0 Å². The van der Waals surface area contributed by atoms with Crippen LogP contribution < -0.4 is 5.73 Å². The molecule has 2 N–H and O–H groups in total. The van der Waals surface area contributed by atoms with Crippen molar-refractivity contribution < 1.29 is 0 Å². The van der Waals surface area contributed by atoms with Crippen molar-refractivity contribution in [3.8, 4) is 0 Å². The van der Waals surface area contributed by atoms with Crippen LogP contribution in [0.5, 0.6) is 0 Å². The van der Waals surface area contributed by atoms with E-state index in [-0.39, 0.29) is 6.04 Å². The summed E-state index contributed by atoms with van der Waals surface area (Å²) < 4.78 is 1.96. The van der Waals surface area contributed by atoms with Gasteiger partial charge >= 0.3 is 0 Å². The van der Waals surface area contributed by atoms with E-state index in [9.17, 15) is 0 Å². The summed E-state index contributed by atoms with van der Waals surface area (Å²) in [5.74, 6) is 0. The molecular weight excluding hydrogens is 250 g/mol. The van der Waals surface area contributed by atoms with Gasteiger partial charge in [0.1, 0.15) is 0 Å². The van der Waals surface area contributed by atoms with Crippen molar-refractivity contribution in [3.63, 3.8) is 0 Å². The summed E-state index contributed by atoms with van der Waals surface area (Å²) >= 11 is 0. The van der Waals surface area contributed by atoms with Gasteiger partial charge in [-0.2, -0.15) is 5.10 Å². The van der Waals surface area contributed by atoms with Crippen LogP contribution in [-0.4, -0.2) is 33.3 Å². The fourth-order valence-corrected chi connectivity index (χ4v) is 2.24. The van der Waals surface area contributed by atoms with E-state index in [1.807, 2.05) is 35.3 Å². The predicted molar refractivity (Wildman–Crippen MR) is 80.1 cm³/mol. The highest BCUT2D eigenvalue weighted by Crippen LogP contribution is 2.20. The molecule has 0 radical (unpaired) electrons. The van der Waals surface area contributed by atoms with Gasteiger partial charge < -0.3 is 5.73 Å². The number of nitrogens with zero attached hydrogens (tertiary/aromatic N) is 4. The summed E-state index contributed by atoms with van der Waals surface area (Å²) in [5.41, 5.74) is 8.14. The molecule has 0 saturated heterocycles. The Morgan fingerprint density at radius 1 is 1.35 bits per heavy atom. The summed E-state index contributed by atoms with van der Waals surface area (Å²) in [4.78, 5) is 6.57. The lowest BCUT2D eigenvalue weighted by molar-refractivity contribution is 0.239. The van der Waals surface area contributed by atoms with Crippen LogP contribution in [0.4, 0.5) is 0 Å². The number of pyridine rings is 1. The fraction of sp³-hybridized carbons (Fsp3) is 0.467. The zero-order chi connectivity index (χ0) is 14.5. The van der Waals surface area contributed by atoms with Crippen molar-refractivity contribution in [2.75, 3.05) is 13.6 Å². The number of rotatable bonds is 6. The molecule has 0 fully saturated rings. The molecule has 2 heterocycles. The molecule has 0 aromatic carbocycles. The second-order valence-corrected chi connectivity index (χ2v) is 5.34. The van der Waals surface area contributed by atoms with Gasteiger partial charge in [-0.3, -0.25) is 14.6 Å². The zero-order valence-corrected chi connectivity index (χ0v) is 12.4. The number of hydrogen-bond acceptors (Lipinski definition) is 4. The van der Waals surface area contributed by atoms with Crippen LogP contribution in [0, 0.1) is 0 Å². The lowest BCUT2D eigenvalue weighted by Crippen LogP contribution is -2.30. The van der Waals surface area contributed by atoms with E-state index in [2.05, 4.69) is 42.1 Å². The maximum atomic E-state index is 5.95. The quantitative estimate of drug-likeness (QED) is 0.874. The van der Waals surface area contributed by atoms with Crippen molar-refractivity contribution in [3.05, 3.63) is 48.0 Å². The first-order chi connectivity index (χ1) is 9.61. The molecule has 0 bridgehead atoms. The topological polar surface area (TPSA) is 60.0 Å². The molecule has 108 valence electrons. The molecule has 2 aromatic rings. The molecule has 0 aliphatic carbocycles. The number of hydrogen-bond donors (Lipinski definition) is 1. The van der Waals surface area contributed by atoms with Crippen LogP contribution >= 0.6 is 0 Å². The van der Waals surface area contributed by atoms with Crippen molar-refractivity contribution in [1.82, 2.24) is 19.7 Å². The van der Waals surface area contributed by atoms with Crippen LogP contribution in [0.15, 0.2) is 36.8 Å². The Kier molecular flexibility index (Phi) is 4.87. The highest BCUT2D eigenvalue weighted by molar-refractivity contribution is 5.12.